The molecule has 3 aromatic carbocycles. The highest BCUT2D eigenvalue weighted by molar-refractivity contribution is 6.02. The lowest BCUT2D eigenvalue weighted by Crippen LogP contribution is -2.45. The Bertz CT molecular complexity index is 1850. The van der Waals surface area contributed by atoms with Crippen molar-refractivity contribution in [3.05, 3.63) is 71.5 Å². The standard InChI is InChI=1S/C34H34FN3O4/c1-19-31-29(41-2)15-23(34(40)37-12-4-5-24(36)18-37)16-30(31)42-33(19)27-14-22-11-10-21(25-6-3-7-28(39)32(25)35)13-26(22)38(27)17-20-8-9-20/h3,6-7,10-11,13-16,20,24,39H,4-5,8-9,12,17-18,36H2,1-2H3. The van der Waals surface area contributed by atoms with Crippen molar-refractivity contribution < 1.29 is 23.4 Å². The smallest absolute Gasteiger partial charge is 0.254 e. The van der Waals surface area contributed by atoms with E-state index in [0.29, 0.717) is 47.0 Å². The number of hydrogen-bond donors (Lipinski definition) is 2. The number of carbonyl (C=O) groups is 1. The number of aryl methyl sites for hydroxylation is 1. The molecule has 42 heavy (non-hydrogen) atoms. The molecule has 0 spiro atoms. The predicted octanol–water partition coefficient (Wildman–Crippen LogP) is 6.86. The fourth-order valence-electron chi connectivity index (χ4n) is 6.35. The minimum atomic E-state index is -0.630. The molecule has 1 saturated heterocycles. The number of hydrogen-bond acceptors (Lipinski definition) is 5. The van der Waals surface area contributed by atoms with Crippen molar-refractivity contribution in [1.29, 1.82) is 0 Å². The Morgan fingerprint density at radius 1 is 1.14 bits per heavy atom. The Morgan fingerprint density at radius 2 is 1.98 bits per heavy atom. The topological polar surface area (TPSA) is 93.9 Å². The Hall–Kier alpha value is -4.30. The van der Waals surface area contributed by atoms with Gasteiger partial charge < -0.3 is 29.5 Å². The Morgan fingerprint density at radius 3 is 2.74 bits per heavy atom. The normalized spacial score (nSPS) is 17.3. The first-order valence-electron chi connectivity index (χ1n) is 14.6. The number of halogens is 1. The minimum Gasteiger partial charge on any atom is -0.505 e. The fourth-order valence-corrected chi connectivity index (χ4v) is 6.35. The number of nitrogens with two attached hydrogens (primary N) is 1. The number of ether oxygens (including phenoxy) is 1. The molecule has 1 amide bonds. The summed E-state index contributed by atoms with van der Waals surface area (Å²) in [5, 5.41) is 11.8. The number of likely N-dealkylation sites (tertiary alicyclic amines) is 1. The number of aromatic nitrogens is 1. The van der Waals surface area contributed by atoms with Crippen molar-refractivity contribution in [1.82, 2.24) is 9.47 Å². The molecule has 8 heteroatoms. The third-order valence-electron chi connectivity index (χ3n) is 8.77. The lowest BCUT2D eigenvalue weighted by molar-refractivity contribution is 0.0708. The van der Waals surface area contributed by atoms with Crippen LogP contribution in [0.3, 0.4) is 0 Å². The van der Waals surface area contributed by atoms with Crippen LogP contribution in [-0.2, 0) is 6.54 Å². The molecule has 5 aromatic rings. The van der Waals surface area contributed by atoms with E-state index in [9.17, 15) is 14.3 Å². The quantitative estimate of drug-likeness (QED) is 0.234. The Labute approximate surface area is 243 Å². The van der Waals surface area contributed by atoms with E-state index in [1.54, 1.807) is 25.3 Å². The van der Waals surface area contributed by atoms with Crippen molar-refractivity contribution >= 4 is 27.8 Å². The second-order valence-corrected chi connectivity index (χ2v) is 11.8. The van der Waals surface area contributed by atoms with Crippen molar-refractivity contribution in [2.45, 2.75) is 45.2 Å². The molecule has 1 atom stereocenters. The molecule has 1 aliphatic heterocycles. The van der Waals surface area contributed by atoms with E-state index in [-0.39, 0.29) is 17.7 Å². The first-order chi connectivity index (χ1) is 20.3. The zero-order valence-electron chi connectivity index (χ0n) is 23.8. The lowest BCUT2D eigenvalue weighted by atomic mass is 10.0. The fraction of sp³-hybridized carbons (Fsp3) is 0.324. The van der Waals surface area contributed by atoms with Crippen LogP contribution >= 0.6 is 0 Å². The molecule has 3 N–H and O–H groups in total. The first kappa shape index (κ1) is 26.6. The summed E-state index contributed by atoms with van der Waals surface area (Å²) in [4.78, 5) is 15.3. The van der Waals surface area contributed by atoms with Crippen LogP contribution in [0.5, 0.6) is 11.5 Å². The van der Waals surface area contributed by atoms with Crippen molar-refractivity contribution in [2.75, 3.05) is 20.2 Å². The van der Waals surface area contributed by atoms with Crippen LogP contribution in [0.2, 0.25) is 0 Å². The summed E-state index contributed by atoms with van der Waals surface area (Å²) in [6.07, 6.45) is 4.14. The number of carbonyl (C=O) groups excluding carboxylic acids is 1. The van der Waals surface area contributed by atoms with Gasteiger partial charge in [0.2, 0.25) is 0 Å². The number of phenolic OH excluding ortho intramolecular Hbond substituents is 1. The molecule has 216 valence electrons. The molecular weight excluding hydrogens is 533 g/mol. The zero-order valence-corrected chi connectivity index (χ0v) is 23.8. The molecular formula is C34H34FN3O4. The van der Waals surface area contributed by atoms with Gasteiger partial charge in [-0.2, -0.15) is 0 Å². The highest BCUT2D eigenvalue weighted by Gasteiger charge is 2.28. The van der Waals surface area contributed by atoms with Gasteiger partial charge in [0, 0.05) is 53.3 Å². The molecule has 2 fully saturated rings. The number of fused-ring (bicyclic) bond motifs is 2. The predicted molar refractivity (Wildman–Crippen MR) is 161 cm³/mol. The summed E-state index contributed by atoms with van der Waals surface area (Å²) in [5.41, 5.74) is 11.1. The summed E-state index contributed by atoms with van der Waals surface area (Å²) >= 11 is 0. The van der Waals surface area contributed by atoms with Gasteiger partial charge in [-0.1, -0.05) is 24.3 Å². The van der Waals surface area contributed by atoms with Crippen LogP contribution in [0.1, 0.15) is 41.6 Å². The van der Waals surface area contributed by atoms with Crippen LogP contribution in [0.4, 0.5) is 4.39 Å². The number of nitrogens with zero attached hydrogens (tertiary/aromatic N) is 2. The maximum Gasteiger partial charge on any atom is 0.254 e. The van der Waals surface area contributed by atoms with Crippen molar-refractivity contribution in [2.24, 2.45) is 11.7 Å². The second kappa shape index (κ2) is 10.2. The van der Waals surface area contributed by atoms with Crippen LogP contribution < -0.4 is 10.5 Å². The van der Waals surface area contributed by atoms with Gasteiger partial charge in [0.05, 0.1) is 18.2 Å². The van der Waals surface area contributed by atoms with E-state index < -0.39 is 5.82 Å². The van der Waals surface area contributed by atoms with Gasteiger partial charge in [-0.15, -0.1) is 0 Å². The number of piperidine rings is 1. The number of amides is 1. The highest BCUT2D eigenvalue weighted by Crippen LogP contribution is 2.43. The largest absolute Gasteiger partial charge is 0.505 e. The number of methoxy groups -OCH3 is 1. The maximum atomic E-state index is 14.8. The summed E-state index contributed by atoms with van der Waals surface area (Å²) in [6.45, 7) is 4.06. The molecule has 2 aromatic heterocycles. The summed E-state index contributed by atoms with van der Waals surface area (Å²) in [7, 11) is 1.61. The number of phenols is 1. The average Bonchev–Trinajstić information content (AvgIpc) is 3.67. The zero-order chi connectivity index (χ0) is 29.1. The number of rotatable bonds is 6. The van der Waals surface area contributed by atoms with Gasteiger partial charge in [0.1, 0.15) is 11.3 Å². The van der Waals surface area contributed by atoms with Gasteiger partial charge in [-0.25, -0.2) is 4.39 Å². The molecule has 1 saturated carbocycles. The molecule has 7 rings (SSSR count). The van der Waals surface area contributed by atoms with Gasteiger partial charge in [0.15, 0.2) is 17.3 Å². The Balaban J connectivity index is 1.36. The van der Waals surface area contributed by atoms with Crippen LogP contribution in [0, 0.1) is 18.7 Å². The number of aromatic hydroxyl groups is 1. The molecule has 2 aliphatic rings. The summed E-state index contributed by atoms with van der Waals surface area (Å²) < 4.78 is 29.4. The third-order valence-corrected chi connectivity index (χ3v) is 8.77. The minimum absolute atomic E-state index is 0.0104. The third kappa shape index (κ3) is 4.50. The van der Waals surface area contributed by atoms with E-state index in [1.165, 1.54) is 18.9 Å². The van der Waals surface area contributed by atoms with E-state index in [4.69, 9.17) is 14.9 Å². The lowest BCUT2D eigenvalue weighted by Gasteiger charge is -2.30. The van der Waals surface area contributed by atoms with Gasteiger partial charge in [-0.05, 0) is 74.4 Å². The van der Waals surface area contributed by atoms with Gasteiger partial charge in [0.25, 0.3) is 5.91 Å². The maximum absolute atomic E-state index is 14.8. The summed E-state index contributed by atoms with van der Waals surface area (Å²) in [6, 6.07) is 16.2. The van der Waals surface area contributed by atoms with E-state index >= 15 is 0 Å². The molecule has 7 nitrogen and oxygen atoms in total. The van der Waals surface area contributed by atoms with E-state index in [1.807, 2.05) is 36.1 Å². The summed E-state index contributed by atoms with van der Waals surface area (Å²) in [5.74, 6) is 0.810. The number of benzene rings is 3. The highest BCUT2D eigenvalue weighted by atomic mass is 19.1. The first-order valence-corrected chi connectivity index (χ1v) is 14.6. The average molecular weight is 568 g/mol. The molecule has 3 heterocycles. The van der Waals surface area contributed by atoms with E-state index in [0.717, 1.165) is 52.7 Å². The Kier molecular flexibility index (Phi) is 6.46. The van der Waals surface area contributed by atoms with E-state index in [2.05, 4.69) is 10.6 Å². The SMILES string of the molecule is COc1cc(C(=O)N2CCCC(N)C2)cc2oc(-c3cc4ccc(-c5cccc(O)c5F)cc4n3CC3CC3)c(C)c12. The molecule has 1 aliphatic carbocycles. The van der Waals surface area contributed by atoms with Crippen molar-refractivity contribution in [3.8, 4) is 34.1 Å². The van der Waals surface area contributed by atoms with Crippen molar-refractivity contribution in [3.63, 3.8) is 0 Å². The monoisotopic (exact) mass is 567 g/mol. The number of furan rings is 1. The van der Waals surface area contributed by atoms with Crippen LogP contribution in [-0.4, -0.2) is 46.7 Å². The van der Waals surface area contributed by atoms with Gasteiger partial charge in [-0.3, -0.25) is 4.79 Å². The van der Waals surface area contributed by atoms with Gasteiger partial charge >= 0.3 is 0 Å². The van der Waals surface area contributed by atoms with Crippen LogP contribution in [0.15, 0.2) is 59.0 Å². The second-order valence-electron chi connectivity index (χ2n) is 11.8. The molecule has 0 radical (unpaired) electrons. The molecule has 1 unspecified atom stereocenters. The van der Waals surface area contributed by atoms with Crippen LogP contribution in [0.25, 0.3) is 44.5 Å². The molecule has 0 bridgehead atoms.